The molecule has 100 valence electrons. The highest BCUT2D eigenvalue weighted by atomic mass is 32.1. The average Bonchev–Trinajstić information content (AvgIpc) is 2.72. The molecule has 2 aromatic heterocycles. The van der Waals surface area contributed by atoms with Gasteiger partial charge in [0.2, 0.25) is 0 Å². The number of carbonyl (C=O) groups excluding carboxylic acids is 1. The predicted molar refractivity (Wildman–Crippen MR) is 76.0 cm³/mol. The van der Waals surface area contributed by atoms with Crippen LogP contribution in [0.5, 0.6) is 0 Å². The molecule has 0 aliphatic rings. The van der Waals surface area contributed by atoms with Crippen molar-refractivity contribution in [2.45, 2.75) is 20.4 Å². The zero-order valence-corrected chi connectivity index (χ0v) is 12.0. The van der Waals surface area contributed by atoms with Crippen molar-refractivity contribution in [3.05, 3.63) is 39.5 Å². The van der Waals surface area contributed by atoms with Crippen LogP contribution in [0.3, 0.4) is 0 Å². The zero-order valence-electron chi connectivity index (χ0n) is 11.2. The number of nitrogens with two attached hydrogens (primary N) is 1. The van der Waals surface area contributed by atoms with E-state index in [1.54, 1.807) is 40.9 Å². The number of amides is 1. The molecule has 0 saturated heterocycles. The van der Waals surface area contributed by atoms with Crippen molar-refractivity contribution in [3.63, 3.8) is 0 Å². The number of rotatable bonds is 3. The van der Waals surface area contributed by atoms with Gasteiger partial charge in [0.25, 0.3) is 5.91 Å². The van der Waals surface area contributed by atoms with Gasteiger partial charge in [-0.2, -0.15) is 0 Å². The van der Waals surface area contributed by atoms with Crippen molar-refractivity contribution in [2.75, 3.05) is 12.8 Å². The smallest absolute Gasteiger partial charge is 0.254 e. The Morgan fingerprint density at radius 3 is 2.74 bits per heavy atom. The van der Waals surface area contributed by atoms with Crippen LogP contribution >= 0.6 is 11.3 Å². The summed E-state index contributed by atoms with van der Waals surface area (Å²) in [6.45, 7) is 4.32. The predicted octanol–water partition coefficient (Wildman–Crippen LogP) is 2.01. The Balaban J connectivity index is 2.17. The van der Waals surface area contributed by atoms with Crippen molar-refractivity contribution in [2.24, 2.45) is 0 Å². The van der Waals surface area contributed by atoms with E-state index in [0.717, 1.165) is 16.3 Å². The highest BCUT2D eigenvalue weighted by Crippen LogP contribution is 2.16. The Kier molecular flexibility index (Phi) is 3.80. The zero-order chi connectivity index (χ0) is 14.0. The fourth-order valence-electron chi connectivity index (χ4n) is 1.80. The van der Waals surface area contributed by atoms with E-state index >= 15 is 0 Å². The summed E-state index contributed by atoms with van der Waals surface area (Å²) in [5.74, 6) is 0.302. The lowest BCUT2D eigenvalue weighted by Gasteiger charge is -2.17. The van der Waals surface area contributed by atoms with E-state index < -0.39 is 0 Å². The number of aromatic nitrogens is 2. The minimum absolute atomic E-state index is 0.0648. The molecular formula is C13H16N4OS. The van der Waals surface area contributed by atoms with Crippen LogP contribution in [0.2, 0.25) is 0 Å². The molecule has 0 aliphatic carbocycles. The maximum Gasteiger partial charge on any atom is 0.254 e. The van der Waals surface area contributed by atoms with E-state index in [2.05, 4.69) is 9.97 Å². The first kappa shape index (κ1) is 13.5. The summed E-state index contributed by atoms with van der Waals surface area (Å²) in [6.07, 6.45) is 0. The van der Waals surface area contributed by atoms with Crippen molar-refractivity contribution in [1.29, 1.82) is 0 Å². The third-order valence-electron chi connectivity index (χ3n) is 2.79. The van der Waals surface area contributed by atoms with Gasteiger partial charge in [-0.05, 0) is 26.0 Å². The number of hydrogen-bond donors (Lipinski definition) is 1. The lowest BCUT2D eigenvalue weighted by molar-refractivity contribution is 0.0786. The van der Waals surface area contributed by atoms with Crippen molar-refractivity contribution in [3.8, 4) is 0 Å². The lowest BCUT2D eigenvalue weighted by Crippen LogP contribution is -2.26. The van der Waals surface area contributed by atoms with E-state index in [9.17, 15) is 4.79 Å². The Morgan fingerprint density at radius 1 is 1.42 bits per heavy atom. The summed E-state index contributed by atoms with van der Waals surface area (Å²) in [7, 11) is 1.77. The van der Waals surface area contributed by atoms with E-state index in [4.69, 9.17) is 5.73 Å². The first-order chi connectivity index (χ1) is 8.97. The number of nitrogen functional groups attached to an aromatic ring is 1. The third-order valence-corrected chi connectivity index (χ3v) is 3.71. The first-order valence-corrected chi connectivity index (χ1v) is 6.74. The molecule has 1 amide bonds. The molecule has 2 aromatic rings. The summed E-state index contributed by atoms with van der Waals surface area (Å²) in [4.78, 5) is 23.3. The molecule has 6 heteroatoms. The summed E-state index contributed by atoms with van der Waals surface area (Å²) < 4.78 is 0. The van der Waals surface area contributed by atoms with Gasteiger partial charge in [-0.15, -0.1) is 11.3 Å². The maximum absolute atomic E-state index is 12.3. The number of aryl methyl sites for hydroxylation is 2. The third kappa shape index (κ3) is 3.08. The Labute approximate surface area is 116 Å². The second-order valence-corrected chi connectivity index (χ2v) is 5.38. The number of hydrogen-bond acceptors (Lipinski definition) is 5. The van der Waals surface area contributed by atoms with Crippen molar-refractivity contribution in [1.82, 2.24) is 14.9 Å². The van der Waals surface area contributed by atoms with Gasteiger partial charge in [0.1, 0.15) is 5.82 Å². The quantitative estimate of drug-likeness (QED) is 0.930. The van der Waals surface area contributed by atoms with Crippen molar-refractivity contribution >= 4 is 23.1 Å². The van der Waals surface area contributed by atoms with Gasteiger partial charge >= 0.3 is 0 Å². The molecule has 0 unspecified atom stereocenters. The molecule has 19 heavy (non-hydrogen) atoms. The van der Waals surface area contributed by atoms with Crippen LogP contribution in [-0.2, 0) is 6.54 Å². The second kappa shape index (κ2) is 5.36. The topological polar surface area (TPSA) is 72.1 Å². The molecule has 0 atom stereocenters. The molecule has 5 nitrogen and oxygen atoms in total. The summed E-state index contributed by atoms with van der Waals surface area (Å²) in [5, 5.41) is 0. The van der Waals surface area contributed by atoms with Crippen LogP contribution in [0.25, 0.3) is 0 Å². The molecular weight excluding hydrogens is 260 g/mol. The SMILES string of the molecule is Cc1cc(C(=O)N(C)Cc2scnc2C)cc(N)n1. The fourth-order valence-corrected chi connectivity index (χ4v) is 2.63. The average molecular weight is 276 g/mol. The largest absolute Gasteiger partial charge is 0.384 e. The fraction of sp³-hybridized carbons (Fsp3) is 0.308. The molecule has 0 spiro atoms. The van der Waals surface area contributed by atoms with Crippen LogP contribution in [-0.4, -0.2) is 27.8 Å². The van der Waals surface area contributed by atoms with E-state index in [1.165, 1.54) is 0 Å². The number of nitrogens with zero attached hydrogens (tertiary/aromatic N) is 3. The van der Waals surface area contributed by atoms with Gasteiger partial charge in [-0.25, -0.2) is 9.97 Å². The van der Waals surface area contributed by atoms with E-state index in [-0.39, 0.29) is 5.91 Å². The van der Waals surface area contributed by atoms with Crippen molar-refractivity contribution < 1.29 is 4.79 Å². The minimum Gasteiger partial charge on any atom is -0.384 e. The van der Waals surface area contributed by atoms with Crippen LogP contribution in [0, 0.1) is 13.8 Å². The first-order valence-electron chi connectivity index (χ1n) is 5.86. The normalized spacial score (nSPS) is 10.5. The number of pyridine rings is 1. The lowest BCUT2D eigenvalue weighted by atomic mass is 10.2. The minimum atomic E-state index is -0.0648. The number of thiazole rings is 1. The summed E-state index contributed by atoms with van der Waals surface area (Å²) in [6, 6.07) is 3.35. The molecule has 0 saturated carbocycles. The van der Waals surface area contributed by atoms with Crippen LogP contribution < -0.4 is 5.73 Å². The molecule has 0 aliphatic heterocycles. The van der Waals surface area contributed by atoms with E-state index in [0.29, 0.717) is 17.9 Å². The molecule has 0 aromatic carbocycles. The highest BCUT2D eigenvalue weighted by Gasteiger charge is 2.15. The highest BCUT2D eigenvalue weighted by molar-refractivity contribution is 7.09. The van der Waals surface area contributed by atoms with Gasteiger partial charge < -0.3 is 10.6 Å². The second-order valence-electron chi connectivity index (χ2n) is 4.44. The van der Waals surface area contributed by atoms with E-state index in [1.807, 2.05) is 13.8 Å². The molecule has 0 fully saturated rings. The molecule has 0 radical (unpaired) electrons. The van der Waals surface area contributed by atoms with Crippen LogP contribution in [0.4, 0.5) is 5.82 Å². The monoisotopic (exact) mass is 276 g/mol. The van der Waals surface area contributed by atoms with Gasteiger partial charge in [0.05, 0.1) is 17.7 Å². The number of carbonyl (C=O) groups is 1. The Morgan fingerprint density at radius 2 is 2.16 bits per heavy atom. The Bertz CT molecular complexity index is 588. The molecule has 2 rings (SSSR count). The summed E-state index contributed by atoms with van der Waals surface area (Å²) in [5.41, 5.74) is 9.73. The van der Waals surface area contributed by atoms with Gasteiger partial charge in [-0.3, -0.25) is 4.79 Å². The van der Waals surface area contributed by atoms with Crippen LogP contribution in [0.15, 0.2) is 17.6 Å². The number of anilines is 1. The summed E-state index contributed by atoms with van der Waals surface area (Å²) >= 11 is 1.55. The maximum atomic E-state index is 12.3. The Hall–Kier alpha value is -1.95. The standard InChI is InChI=1S/C13H16N4OS/c1-8-4-10(5-12(14)16-8)13(18)17(3)6-11-9(2)15-7-19-11/h4-5,7H,6H2,1-3H3,(H2,14,16). The van der Waals surface area contributed by atoms with Gasteiger partial charge in [-0.1, -0.05) is 0 Å². The molecule has 0 bridgehead atoms. The van der Waals surface area contributed by atoms with Gasteiger partial charge in [0.15, 0.2) is 0 Å². The molecule has 2 N–H and O–H groups in total. The van der Waals surface area contributed by atoms with Crippen LogP contribution in [0.1, 0.15) is 26.6 Å². The molecule has 2 heterocycles. The van der Waals surface area contributed by atoms with Gasteiger partial charge in [0, 0.05) is 23.2 Å².